The Hall–Kier alpha value is -0.260. The van der Waals surface area contributed by atoms with E-state index in [9.17, 15) is 4.79 Å². The summed E-state index contributed by atoms with van der Waals surface area (Å²) >= 11 is 1.45. The van der Waals surface area contributed by atoms with Crippen LogP contribution in [0.3, 0.4) is 0 Å². The Balaban J connectivity index is 2.35. The fraction of sp³-hybridized carbons (Fsp3) is 0.909. The molecule has 1 aliphatic rings. The molecule has 0 bridgehead atoms. The van der Waals surface area contributed by atoms with Gasteiger partial charge in [0.15, 0.2) is 0 Å². The SMILES string of the molecule is CCN1CCOC(CSC(C)(C)C(=O)O)C1. The van der Waals surface area contributed by atoms with E-state index in [2.05, 4.69) is 11.8 Å². The van der Waals surface area contributed by atoms with Crippen LogP contribution in [0.1, 0.15) is 20.8 Å². The van der Waals surface area contributed by atoms with E-state index in [1.807, 2.05) is 0 Å². The molecule has 1 N–H and O–H groups in total. The van der Waals surface area contributed by atoms with E-state index in [1.165, 1.54) is 11.8 Å². The molecule has 0 saturated carbocycles. The normalized spacial score (nSPS) is 23.3. The van der Waals surface area contributed by atoms with Crippen LogP contribution in [-0.2, 0) is 9.53 Å². The third-order valence-electron chi connectivity index (χ3n) is 2.82. The van der Waals surface area contributed by atoms with Crippen molar-refractivity contribution >= 4 is 17.7 Å². The highest BCUT2D eigenvalue weighted by molar-refractivity contribution is 8.01. The third kappa shape index (κ3) is 3.96. The monoisotopic (exact) mass is 247 g/mol. The van der Waals surface area contributed by atoms with Gasteiger partial charge in [-0.05, 0) is 20.4 Å². The van der Waals surface area contributed by atoms with Crippen molar-refractivity contribution in [1.82, 2.24) is 4.90 Å². The Bertz CT molecular complexity index is 245. The molecule has 1 heterocycles. The first kappa shape index (κ1) is 13.8. The molecule has 1 saturated heterocycles. The van der Waals surface area contributed by atoms with Crippen LogP contribution in [0.25, 0.3) is 0 Å². The van der Waals surface area contributed by atoms with Gasteiger partial charge < -0.3 is 9.84 Å². The van der Waals surface area contributed by atoms with E-state index < -0.39 is 10.7 Å². The first-order valence-electron chi connectivity index (χ1n) is 5.67. The zero-order chi connectivity index (χ0) is 12.2. The lowest BCUT2D eigenvalue weighted by atomic mass is 10.2. The minimum Gasteiger partial charge on any atom is -0.480 e. The number of rotatable bonds is 5. The molecule has 94 valence electrons. The van der Waals surface area contributed by atoms with Gasteiger partial charge in [0, 0.05) is 18.8 Å². The summed E-state index contributed by atoms with van der Waals surface area (Å²) < 4.78 is 4.91. The topological polar surface area (TPSA) is 49.8 Å². The van der Waals surface area contributed by atoms with Crippen LogP contribution in [0.15, 0.2) is 0 Å². The summed E-state index contributed by atoms with van der Waals surface area (Å²) in [6.45, 7) is 9.30. The maximum absolute atomic E-state index is 10.9. The standard InChI is InChI=1S/C11H21NO3S/c1-4-12-5-6-15-9(7-12)8-16-11(2,3)10(13)14/h9H,4-8H2,1-3H3,(H,13,14). The van der Waals surface area contributed by atoms with Crippen LogP contribution < -0.4 is 0 Å². The van der Waals surface area contributed by atoms with Gasteiger partial charge in [0.05, 0.1) is 12.7 Å². The Morgan fingerprint density at radius 2 is 2.31 bits per heavy atom. The smallest absolute Gasteiger partial charge is 0.319 e. The van der Waals surface area contributed by atoms with Crippen molar-refractivity contribution in [2.75, 3.05) is 32.0 Å². The molecule has 1 rings (SSSR count). The van der Waals surface area contributed by atoms with Gasteiger partial charge in [-0.1, -0.05) is 6.92 Å². The molecular formula is C11H21NO3S. The molecule has 4 nitrogen and oxygen atoms in total. The molecule has 1 unspecified atom stereocenters. The summed E-state index contributed by atoms with van der Waals surface area (Å²) in [5.74, 6) is -0.0174. The first-order chi connectivity index (χ1) is 7.45. The summed E-state index contributed by atoms with van der Waals surface area (Å²) in [6, 6.07) is 0. The lowest BCUT2D eigenvalue weighted by molar-refractivity contribution is -0.138. The minimum absolute atomic E-state index is 0.164. The van der Waals surface area contributed by atoms with Crippen LogP contribution in [0.2, 0.25) is 0 Å². The zero-order valence-electron chi connectivity index (χ0n) is 10.2. The molecular weight excluding hydrogens is 226 g/mol. The molecule has 0 spiro atoms. The highest BCUT2D eigenvalue weighted by Crippen LogP contribution is 2.26. The summed E-state index contributed by atoms with van der Waals surface area (Å²) in [5, 5.41) is 9.00. The number of carbonyl (C=O) groups is 1. The number of nitrogens with zero attached hydrogens (tertiary/aromatic N) is 1. The molecule has 1 fully saturated rings. The number of carboxylic acid groups (broad SMARTS) is 1. The average Bonchev–Trinajstić information content (AvgIpc) is 2.26. The van der Waals surface area contributed by atoms with Gasteiger partial charge in [-0.25, -0.2) is 0 Å². The Morgan fingerprint density at radius 3 is 2.88 bits per heavy atom. The number of carboxylic acids is 1. The van der Waals surface area contributed by atoms with Crippen molar-refractivity contribution in [3.05, 3.63) is 0 Å². The number of hydrogen-bond donors (Lipinski definition) is 1. The van der Waals surface area contributed by atoms with Crippen molar-refractivity contribution in [3.63, 3.8) is 0 Å². The summed E-state index contributed by atoms with van der Waals surface area (Å²) in [6.07, 6.45) is 0.164. The molecule has 16 heavy (non-hydrogen) atoms. The molecule has 1 aliphatic heterocycles. The lowest BCUT2D eigenvalue weighted by Crippen LogP contribution is -2.44. The van der Waals surface area contributed by atoms with Crippen molar-refractivity contribution < 1.29 is 14.6 Å². The predicted octanol–water partition coefficient (Wildman–Crippen LogP) is 1.30. The summed E-state index contributed by atoms with van der Waals surface area (Å²) in [4.78, 5) is 13.3. The molecule has 1 atom stereocenters. The molecule has 0 amide bonds. The van der Waals surface area contributed by atoms with E-state index in [4.69, 9.17) is 9.84 Å². The predicted molar refractivity (Wildman–Crippen MR) is 66.0 cm³/mol. The second kappa shape index (κ2) is 5.89. The Kier molecular flexibility index (Phi) is 5.08. The molecule has 0 aliphatic carbocycles. The number of morpholine rings is 1. The molecule has 0 radical (unpaired) electrons. The highest BCUT2D eigenvalue weighted by Gasteiger charge is 2.30. The number of hydrogen-bond acceptors (Lipinski definition) is 4. The van der Waals surface area contributed by atoms with Gasteiger partial charge in [0.1, 0.15) is 4.75 Å². The van der Waals surface area contributed by atoms with Gasteiger partial charge >= 0.3 is 5.97 Å². The quantitative estimate of drug-likeness (QED) is 0.793. The van der Waals surface area contributed by atoms with Crippen LogP contribution in [0, 0.1) is 0 Å². The molecule has 0 aromatic heterocycles. The van der Waals surface area contributed by atoms with E-state index >= 15 is 0 Å². The lowest BCUT2D eigenvalue weighted by Gasteiger charge is -2.33. The maximum Gasteiger partial charge on any atom is 0.319 e. The van der Waals surface area contributed by atoms with Crippen LogP contribution in [-0.4, -0.2) is 58.8 Å². The van der Waals surface area contributed by atoms with Crippen molar-refractivity contribution in [2.45, 2.75) is 31.6 Å². The molecule has 0 aromatic carbocycles. The van der Waals surface area contributed by atoms with Crippen molar-refractivity contribution in [3.8, 4) is 0 Å². The van der Waals surface area contributed by atoms with Gasteiger partial charge in [-0.2, -0.15) is 0 Å². The second-order valence-corrected chi connectivity index (χ2v) is 6.16. The fourth-order valence-electron chi connectivity index (χ4n) is 1.53. The average molecular weight is 247 g/mol. The zero-order valence-corrected chi connectivity index (χ0v) is 11.0. The molecule has 0 aromatic rings. The number of likely N-dealkylation sites (N-methyl/N-ethyl adjacent to an activating group) is 1. The molecule has 5 heteroatoms. The largest absolute Gasteiger partial charge is 0.480 e. The minimum atomic E-state index is -0.763. The van der Waals surface area contributed by atoms with Crippen LogP contribution in [0.4, 0.5) is 0 Å². The van der Waals surface area contributed by atoms with Gasteiger partial charge in [-0.15, -0.1) is 11.8 Å². The fourth-order valence-corrected chi connectivity index (χ4v) is 2.46. The van der Waals surface area contributed by atoms with Crippen LogP contribution >= 0.6 is 11.8 Å². The van der Waals surface area contributed by atoms with Gasteiger partial charge in [0.2, 0.25) is 0 Å². The van der Waals surface area contributed by atoms with Crippen LogP contribution in [0.5, 0.6) is 0 Å². The first-order valence-corrected chi connectivity index (χ1v) is 6.65. The highest BCUT2D eigenvalue weighted by atomic mass is 32.2. The third-order valence-corrected chi connectivity index (χ3v) is 4.25. The van der Waals surface area contributed by atoms with E-state index in [-0.39, 0.29) is 6.10 Å². The summed E-state index contributed by atoms with van der Waals surface area (Å²) in [5.41, 5.74) is 0. The van der Waals surface area contributed by atoms with Gasteiger partial charge in [-0.3, -0.25) is 9.69 Å². The Labute approximate surface area is 101 Å². The number of ether oxygens (including phenoxy) is 1. The summed E-state index contributed by atoms with van der Waals surface area (Å²) in [7, 11) is 0. The van der Waals surface area contributed by atoms with Crippen molar-refractivity contribution in [1.29, 1.82) is 0 Å². The number of aliphatic carboxylic acids is 1. The maximum atomic E-state index is 10.9. The van der Waals surface area contributed by atoms with E-state index in [0.717, 1.165) is 32.0 Å². The number of thioether (sulfide) groups is 1. The van der Waals surface area contributed by atoms with Crippen molar-refractivity contribution in [2.24, 2.45) is 0 Å². The van der Waals surface area contributed by atoms with E-state index in [1.54, 1.807) is 13.8 Å². The van der Waals surface area contributed by atoms with E-state index in [0.29, 0.717) is 0 Å². The van der Waals surface area contributed by atoms with Gasteiger partial charge in [0.25, 0.3) is 0 Å². The second-order valence-electron chi connectivity index (χ2n) is 4.51. The Morgan fingerprint density at radius 1 is 1.62 bits per heavy atom.